The van der Waals surface area contributed by atoms with Crippen LogP contribution in [0.5, 0.6) is 5.75 Å². The lowest BCUT2D eigenvalue weighted by Crippen LogP contribution is -1.99. The quantitative estimate of drug-likeness (QED) is 0.823. The van der Waals surface area contributed by atoms with Crippen LogP contribution in [0, 0.1) is 17.5 Å². The third-order valence-electron chi connectivity index (χ3n) is 2.21. The van der Waals surface area contributed by atoms with Gasteiger partial charge >= 0.3 is 0 Å². The van der Waals surface area contributed by atoms with E-state index in [1.165, 1.54) is 0 Å². The number of methoxy groups -OCH3 is 1. The van der Waals surface area contributed by atoms with Gasteiger partial charge in [0.15, 0.2) is 17.4 Å². The van der Waals surface area contributed by atoms with Gasteiger partial charge in [0.1, 0.15) is 0 Å². The third kappa shape index (κ3) is 1.69. The van der Waals surface area contributed by atoms with Gasteiger partial charge in [-0.2, -0.15) is 4.39 Å². The first kappa shape index (κ1) is 11.3. The average Bonchev–Trinajstić information content (AvgIpc) is 2.71. The van der Waals surface area contributed by atoms with Crippen molar-refractivity contribution in [2.75, 3.05) is 12.8 Å². The second kappa shape index (κ2) is 4.00. The van der Waals surface area contributed by atoms with Gasteiger partial charge in [0.05, 0.1) is 18.9 Å². The molecule has 4 nitrogen and oxygen atoms in total. The van der Waals surface area contributed by atoms with Gasteiger partial charge in [0.25, 0.3) is 0 Å². The molecule has 0 aliphatic carbocycles. The first-order valence-electron chi connectivity index (χ1n) is 4.48. The molecule has 0 radical (unpaired) electrons. The molecule has 2 rings (SSSR count). The van der Waals surface area contributed by atoms with Crippen molar-refractivity contribution in [2.24, 2.45) is 0 Å². The van der Waals surface area contributed by atoms with Gasteiger partial charge in [-0.15, -0.1) is 0 Å². The molecule has 0 bridgehead atoms. The van der Waals surface area contributed by atoms with E-state index < -0.39 is 23.2 Å². The Morgan fingerprint density at radius 1 is 1.24 bits per heavy atom. The molecule has 0 saturated heterocycles. The minimum atomic E-state index is -1.40. The second-order valence-electron chi connectivity index (χ2n) is 3.17. The highest BCUT2D eigenvalue weighted by Gasteiger charge is 2.22. The first-order valence-corrected chi connectivity index (χ1v) is 4.48. The summed E-state index contributed by atoms with van der Waals surface area (Å²) in [5.74, 6) is -4.73. The Bertz CT molecular complexity index is 569. The van der Waals surface area contributed by atoms with Gasteiger partial charge in [-0.1, -0.05) is 5.16 Å². The van der Waals surface area contributed by atoms with Gasteiger partial charge < -0.3 is 15.0 Å². The maximum Gasteiger partial charge on any atom is 0.230 e. The molecule has 0 aliphatic rings. The van der Waals surface area contributed by atoms with E-state index in [4.69, 9.17) is 5.73 Å². The predicted octanol–water partition coefficient (Wildman–Crippen LogP) is 2.35. The Labute approximate surface area is 93.8 Å². The van der Waals surface area contributed by atoms with Gasteiger partial charge in [-0.25, -0.2) is 8.78 Å². The van der Waals surface area contributed by atoms with E-state index in [0.29, 0.717) is 6.07 Å². The molecule has 0 fully saturated rings. The number of rotatable bonds is 2. The van der Waals surface area contributed by atoms with Crippen molar-refractivity contribution < 1.29 is 22.4 Å². The summed E-state index contributed by atoms with van der Waals surface area (Å²) in [7, 11) is 1.03. The van der Waals surface area contributed by atoms with E-state index >= 15 is 0 Å². The molecular weight excluding hydrogens is 237 g/mol. The molecule has 0 aliphatic heterocycles. The Morgan fingerprint density at radius 3 is 2.47 bits per heavy atom. The van der Waals surface area contributed by atoms with Crippen LogP contribution in [0.2, 0.25) is 0 Å². The van der Waals surface area contributed by atoms with Crippen LogP contribution in [0.25, 0.3) is 11.1 Å². The lowest BCUT2D eigenvalue weighted by molar-refractivity contribution is 0.347. The van der Waals surface area contributed by atoms with Crippen LogP contribution < -0.4 is 10.5 Å². The van der Waals surface area contributed by atoms with E-state index in [0.717, 1.165) is 13.3 Å². The molecule has 7 heteroatoms. The monoisotopic (exact) mass is 244 g/mol. The summed E-state index contributed by atoms with van der Waals surface area (Å²) in [5.41, 5.74) is 5.12. The van der Waals surface area contributed by atoms with Crippen molar-refractivity contribution >= 4 is 5.88 Å². The maximum atomic E-state index is 13.8. The first-order chi connectivity index (χ1) is 8.06. The summed E-state index contributed by atoms with van der Waals surface area (Å²) >= 11 is 0. The Morgan fingerprint density at radius 2 is 1.94 bits per heavy atom. The molecule has 0 amide bonds. The molecule has 1 aromatic carbocycles. The van der Waals surface area contributed by atoms with Gasteiger partial charge in [-0.05, 0) is 6.07 Å². The highest BCUT2D eigenvalue weighted by Crippen LogP contribution is 2.35. The number of aromatic nitrogens is 1. The number of benzene rings is 1. The third-order valence-corrected chi connectivity index (χ3v) is 2.21. The zero-order chi connectivity index (χ0) is 12.6. The Hall–Kier alpha value is -2.18. The summed E-state index contributed by atoms with van der Waals surface area (Å²) in [4.78, 5) is 0. The van der Waals surface area contributed by atoms with Crippen LogP contribution in [0.4, 0.5) is 19.1 Å². The van der Waals surface area contributed by atoms with Crippen LogP contribution in [0.3, 0.4) is 0 Å². The summed E-state index contributed by atoms with van der Waals surface area (Å²) in [6.07, 6.45) is 1.10. The standard InChI is InChI=1S/C10H7F3N2O2/c1-16-9-7(12)4(2-6(11)8(9)13)5-3-15-17-10(5)14/h2-3H,14H2,1H3. The highest BCUT2D eigenvalue weighted by molar-refractivity contribution is 5.73. The van der Waals surface area contributed by atoms with Crippen molar-refractivity contribution in [3.63, 3.8) is 0 Å². The zero-order valence-corrected chi connectivity index (χ0v) is 8.63. The van der Waals surface area contributed by atoms with Crippen molar-refractivity contribution in [1.29, 1.82) is 0 Å². The predicted molar refractivity (Wildman–Crippen MR) is 52.8 cm³/mol. The van der Waals surface area contributed by atoms with Crippen LogP contribution in [0.15, 0.2) is 16.8 Å². The molecule has 90 valence electrons. The summed E-state index contributed by atoms with van der Waals surface area (Å²) in [5, 5.41) is 3.32. The van der Waals surface area contributed by atoms with E-state index in [1.54, 1.807) is 0 Å². The zero-order valence-electron chi connectivity index (χ0n) is 8.63. The number of ether oxygens (including phenoxy) is 1. The van der Waals surface area contributed by atoms with E-state index in [-0.39, 0.29) is 17.0 Å². The molecular formula is C10H7F3N2O2. The fourth-order valence-electron chi connectivity index (χ4n) is 1.41. The fourth-order valence-corrected chi connectivity index (χ4v) is 1.41. The molecule has 1 aromatic heterocycles. The summed E-state index contributed by atoms with van der Waals surface area (Å²) < 4.78 is 49.2. The normalized spacial score (nSPS) is 10.6. The Kier molecular flexibility index (Phi) is 2.66. The maximum absolute atomic E-state index is 13.8. The smallest absolute Gasteiger partial charge is 0.230 e. The fraction of sp³-hybridized carbons (Fsp3) is 0.100. The van der Waals surface area contributed by atoms with Crippen molar-refractivity contribution in [1.82, 2.24) is 5.16 Å². The molecule has 0 atom stereocenters. The molecule has 2 aromatic rings. The summed E-state index contributed by atoms with van der Waals surface area (Å²) in [6.45, 7) is 0. The molecule has 1 heterocycles. The van der Waals surface area contributed by atoms with Crippen LogP contribution >= 0.6 is 0 Å². The van der Waals surface area contributed by atoms with Gasteiger partial charge in [-0.3, -0.25) is 0 Å². The molecule has 17 heavy (non-hydrogen) atoms. The Balaban J connectivity index is 2.72. The van der Waals surface area contributed by atoms with Crippen molar-refractivity contribution in [3.8, 4) is 16.9 Å². The minimum absolute atomic E-state index is 0.0275. The number of anilines is 1. The minimum Gasteiger partial charge on any atom is -0.491 e. The van der Waals surface area contributed by atoms with Gasteiger partial charge in [0.2, 0.25) is 11.7 Å². The van der Waals surface area contributed by atoms with Crippen LogP contribution in [-0.2, 0) is 0 Å². The molecule has 0 saturated carbocycles. The van der Waals surface area contributed by atoms with Crippen LogP contribution in [0.1, 0.15) is 0 Å². The number of hydrogen-bond donors (Lipinski definition) is 1. The van der Waals surface area contributed by atoms with Crippen molar-refractivity contribution in [3.05, 3.63) is 29.7 Å². The van der Waals surface area contributed by atoms with Crippen molar-refractivity contribution in [2.45, 2.75) is 0 Å². The van der Waals surface area contributed by atoms with Crippen LogP contribution in [-0.4, -0.2) is 12.3 Å². The summed E-state index contributed by atoms with van der Waals surface area (Å²) in [6, 6.07) is 0.663. The molecule has 2 N–H and O–H groups in total. The number of hydrogen-bond acceptors (Lipinski definition) is 4. The number of nitrogens with zero attached hydrogens (tertiary/aromatic N) is 1. The number of nitrogens with two attached hydrogens (primary N) is 1. The molecule has 0 spiro atoms. The van der Waals surface area contributed by atoms with Gasteiger partial charge in [0, 0.05) is 5.56 Å². The lowest BCUT2D eigenvalue weighted by Gasteiger charge is -2.08. The topological polar surface area (TPSA) is 61.3 Å². The van der Waals surface area contributed by atoms with E-state index in [2.05, 4.69) is 14.4 Å². The van der Waals surface area contributed by atoms with E-state index in [1.807, 2.05) is 0 Å². The van der Waals surface area contributed by atoms with E-state index in [9.17, 15) is 13.2 Å². The second-order valence-corrected chi connectivity index (χ2v) is 3.17. The number of nitrogen functional groups attached to an aromatic ring is 1. The molecule has 0 unspecified atom stereocenters. The SMILES string of the molecule is COc1c(F)c(F)cc(-c2cnoc2N)c1F. The lowest BCUT2D eigenvalue weighted by atomic mass is 10.1. The average molecular weight is 244 g/mol. The number of halogens is 3. The highest BCUT2D eigenvalue weighted by atomic mass is 19.2. The largest absolute Gasteiger partial charge is 0.491 e.